The molecule has 140 valence electrons. The number of hydrogen-bond acceptors (Lipinski definition) is 4. The fraction of sp³-hybridized carbons (Fsp3) is 0.941. The summed E-state index contributed by atoms with van der Waals surface area (Å²) < 4.78 is 18.3. The van der Waals surface area contributed by atoms with Gasteiger partial charge >= 0.3 is 13.1 Å². The Morgan fingerprint density at radius 3 is 2.00 bits per heavy atom. The highest BCUT2D eigenvalue weighted by Gasteiger charge is 2.51. The maximum absolute atomic E-state index is 11.2. The topological polar surface area (TPSA) is 65.0 Å². The first kappa shape index (κ1) is 21.7. The Kier molecular flexibility index (Phi) is 6.41. The van der Waals surface area contributed by atoms with Crippen LogP contribution in [0, 0.1) is 0 Å². The molecular formula is C17H35BO5Si. The van der Waals surface area contributed by atoms with Crippen molar-refractivity contribution in [3.05, 3.63) is 0 Å². The molecule has 1 N–H and O–H groups in total. The van der Waals surface area contributed by atoms with Crippen LogP contribution in [-0.4, -0.2) is 43.8 Å². The van der Waals surface area contributed by atoms with Gasteiger partial charge in [0.05, 0.1) is 23.7 Å². The molecule has 0 radical (unpaired) electrons. The van der Waals surface area contributed by atoms with E-state index >= 15 is 0 Å². The van der Waals surface area contributed by atoms with E-state index in [1.165, 1.54) is 0 Å². The molecule has 0 aliphatic carbocycles. The highest BCUT2D eigenvalue weighted by molar-refractivity contribution is 6.74. The third kappa shape index (κ3) is 5.31. The number of rotatable bonds is 7. The van der Waals surface area contributed by atoms with Crippen LogP contribution in [-0.2, 0) is 18.5 Å². The van der Waals surface area contributed by atoms with Gasteiger partial charge in [-0.15, -0.1) is 0 Å². The molecule has 1 saturated heterocycles. The minimum absolute atomic E-state index is 0.0199. The molecule has 1 aliphatic rings. The van der Waals surface area contributed by atoms with Crippen LogP contribution in [0.3, 0.4) is 0 Å². The third-order valence-corrected chi connectivity index (χ3v) is 10.2. The Labute approximate surface area is 148 Å². The second-order valence-electron chi connectivity index (χ2n) is 9.36. The first-order valence-corrected chi connectivity index (χ1v) is 11.7. The Balaban J connectivity index is 2.70. The fourth-order valence-electron chi connectivity index (χ4n) is 2.40. The second kappa shape index (κ2) is 7.10. The Morgan fingerprint density at radius 2 is 1.62 bits per heavy atom. The van der Waals surface area contributed by atoms with Crippen molar-refractivity contribution in [2.24, 2.45) is 0 Å². The van der Waals surface area contributed by atoms with E-state index in [0.717, 1.165) is 0 Å². The maximum Gasteiger partial charge on any atom is 0.457 e. The average Bonchev–Trinajstić information content (AvgIpc) is 2.52. The standard InChI is InChI=1S/C17H35BO5Si/c1-15(2,3)24(8,9)21-13(12-14(19)20)10-11-18-22-16(4,5)17(6,7)23-18/h13H,10-12H2,1-9H3,(H,19,20). The minimum atomic E-state index is -2.01. The van der Waals surface area contributed by atoms with E-state index in [1.807, 2.05) is 27.7 Å². The molecule has 24 heavy (non-hydrogen) atoms. The molecule has 0 bridgehead atoms. The summed E-state index contributed by atoms with van der Waals surface area (Å²) >= 11 is 0. The lowest BCUT2D eigenvalue weighted by Gasteiger charge is -2.39. The van der Waals surface area contributed by atoms with Crippen molar-refractivity contribution < 1.29 is 23.6 Å². The van der Waals surface area contributed by atoms with Gasteiger partial charge in [0.15, 0.2) is 8.32 Å². The SMILES string of the molecule is CC1(C)OB(CCC(CC(=O)O)O[Si](C)(C)C(C)(C)C)OC1(C)C. The molecule has 1 unspecified atom stereocenters. The summed E-state index contributed by atoms with van der Waals surface area (Å²) in [5, 5.41) is 9.26. The minimum Gasteiger partial charge on any atom is -0.481 e. The Hall–Kier alpha value is -0.368. The zero-order chi connectivity index (χ0) is 19.0. The van der Waals surface area contributed by atoms with Gasteiger partial charge in [-0.1, -0.05) is 20.8 Å². The fourth-order valence-corrected chi connectivity index (χ4v) is 3.78. The molecule has 1 heterocycles. The van der Waals surface area contributed by atoms with Crippen LogP contribution in [0.4, 0.5) is 0 Å². The number of carbonyl (C=O) groups is 1. The van der Waals surface area contributed by atoms with Crippen LogP contribution >= 0.6 is 0 Å². The first-order valence-electron chi connectivity index (χ1n) is 8.83. The lowest BCUT2D eigenvalue weighted by molar-refractivity contribution is -0.139. The highest BCUT2D eigenvalue weighted by atomic mass is 28.4. The summed E-state index contributed by atoms with van der Waals surface area (Å²) in [5.74, 6) is -0.826. The molecule has 1 aliphatic heterocycles. The quantitative estimate of drug-likeness (QED) is 0.686. The van der Waals surface area contributed by atoms with Crippen LogP contribution in [0.1, 0.15) is 61.3 Å². The van der Waals surface area contributed by atoms with Crippen LogP contribution in [0.5, 0.6) is 0 Å². The van der Waals surface area contributed by atoms with E-state index in [-0.39, 0.29) is 35.9 Å². The molecule has 0 aromatic rings. The molecule has 1 atom stereocenters. The van der Waals surface area contributed by atoms with Crippen LogP contribution in [0.2, 0.25) is 24.5 Å². The lowest BCUT2D eigenvalue weighted by atomic mass is 9.81. The number of carboxylic acids is 1. The molecule has 1 rings (SSSR count). The van der Waals surface area contributed by atoms with Gasteiger partial charge in [0, 0.05) is 0 Å². The summed E-state index contributed by atoms with van der Waals surface area (Å²) in [6.07, 6.45) is 0.976. The van der Waals surface area contributed by atoms with Crippen molar-refractivity contribution in [3.8, 4) is 0 Å². The molecule has 0 spiro atoms. The summed E-state index contributed by atoms with van der Waals surface area (Å²) in [6, 6.07) is 0. The third-order valence-electron chi connectivity index (χ3n) is 5.70. The van der Waals surface area contributed by atoms with E-state index in [2.05, 4.69) is 33.9 Å². The second-order valence-corrected chi connectivity index (χ2v) is 14.1. The molecule has 5 nitrogen and oxygen atoms in total. The lowest BCUT2D eigenvalue weighted by Crippen LogP contribution is -2.44. The normalized spacial score (nSPS) is 21.8. The van der Waals surface area contributed by atoms with E-state index in [4.69, 9.17) is 13.7 Å². The van der Waals surface area contributed by atoms with Crippen molar-refractivity contribution >= 4 is 21.4 Å². The van der Waals surface area contributed by atoms with Gasteiger partial charge < -0.3 is 18.8 Å². The summed E-state index contributed by atoms with van der Waals surface area (Å²) in [7, 11) is -2.32. The molecule has 0 saturated carbocycles. The van der Waals surface area contributed by atoms with Gasteiger partial charge in [0.25, 0.3) is 0 Å². The smallest absolute Gasteiger partial charge is 0.457 e. The van der Waals surface area contributed by atoms with Crippen molar-refractivity contribution in [3.63, 3.8) is 0 Å². The number of hydrogen-bond donors (Lipinski definition) is 1. The van der Waals surface area contributed by atoms with Gasteiger partial charge in [0.1, 0.15) is 0 Å². The predicted octanol–water partition coefficient (Wildman–Crippen LogP) is 4.33. The van der Waals surface area contributed by atoms with E-state index in [1.54, 1.807) is 0 Å². The molecule has 0 amide bonds. The Morgan fingerprint density at radius 1 is 1.17 bits per heavy atom. The largest absolute Gasteiger partial charge is 0.481 e. The molecule has 0 aromatic carbocycles. The van der Waals surface area contributed by atoms with Crippen molar-refractivity contribution in [2.45, 2.75) is 103 Å². The van der Waals surface area contributed by atoms with Gasteiger partial charge in [-0.2, -0.15) is 0 Å². The zero-order valence-corrected chi connectivity index (χ0v) is 17.9. The zero-order valence-electron chi connectivity index (χ0n) is 16.9. The summed E-state index contributed by atoms with van der Waals surface area (Å²) in [4.78, 5) is 11.2. The summed E-state index contributed by atoms with van der Waals surface area (Å²) in [5.41, 5.74) is -0.722. The van der Waals surface area contributed by atoms with Gasteiger partial charge in [0.2, 0.25) is 0 Å². The number of carboxylic acid groups (broad SMARTS) is 1. The van der Waals surface area contributed by atoms with Crippen molar-refractivity contribution in [2.75, 3.05) is 0 Å². The predicted molar refractivity (Wildman–Crippen MR) is 99.8 cm³/mol. The molecule has 7 heteroatoms. The summed E-state index contributed by atoms with van der Waals surface area (Å²) in [6.45, 7) is 18.9. The number of aliphatic carboxylic acids is 1. The van der Waals surface area contributed by atoms with Crippen LogP contribution in [0.15, 0.2) is 0 Å². The van der Waals surface area contributed by atoms with E-state index in [0.29, 0.717) is 12.7 Å². The van der Waals surface area contributed by atoms with E-state index < -0.39 is 14.3 Å². The molecule has 0 aromatic heterocycles. The van der Waals surface area contributed by atoms with Gasteiger partial charge in [-0.25, -0.2) is 0 Å². The first-order chi connectivity index (χ1) is 10.6. The van der Waals surface area contributed by atoms with Crippen molar-refractivity contribution in [1.29, 1.82) is 0 Å². The monoisotopic (exact) mass is 358 g/mol. The van der Waals surface area contributed by atoms with Gasteiger partial charge in [-0.3, -0.25) is 4.79 Å². The Bertz CT molecular complexity index is 440. The highest BCUT2D eigenvalue weighted by Crippen LogP contribution is 2.40. The van der Waals surface area contributed by atoms with Gasteiger partial charge in [-0.05, 0) is 58.6 Å². The maximum atomic E-state index is 11.2. The van der Waals surface area contributed by atoms with Crippen LogP contribution < -0.4 is 0 Å². The van der Waals surface area contributed by atoms with Crippen molar-refractivity contribution in [1.82, 2.24) is 0 Å². The van der Waals surface area contributed by atoms with E-state index in [9.17, 15) is 9.90 Å². The average molecular weight is 358 g/mol. The van der Waals surface area contributed by atoms with Crippen LogP contribution in [0.25, 0.3) is 0 Å². The molecule has 1 fully saturated rings. The molecular weight excluding hydrogens is 323 g/mol.